The van der Waals surface area contributed by atoms with Crippen LogP contribution in [0.15, 0.2) is 18.2 Å². The van der Waals surface area contributed by atoms with Crippen molar-refractivity contribution >= 4 is 23.5 Å². The van der Waals surface area contributed by atoms with Crippen molar-refractivity contribution in [3.63, 3.8) is 0 Å². The van der Waals surface area contributed by atoms with Gasteiger partial charge in [0.2, 0.25) is 11.8 Å². The first-order chi connectivity index (χ1) is 11.4. The van der Waals surface area contributed by atoms with Gasteiger partial charge in [0.25, 0.3) is 0 Å². The van der Waals surface area contributed by atoms with Crippen LogP contribution in [0.5, 0.6) is 0 Å². The van der Waals surface area contributed by atoms with Gasteiger partial charge >= 0.3 is 5.97 Å². The molecule has 1 rings (SSSR count). The number of aromatic carboxylic acids is 1. The van der Waals surface area contributed by atoms with Crippen molar-refractivity contribution in [3.8, 4) is 0 Å². The molecule has 0 unspecified atom stereocenters. The van der Waals surface area contributed by atoms with E-state index in [0.29, 0.717) is 24.3 Å². The minimum Gasteiger partial charge on any atom is -0.478 e. The molecule has 0 aromatic heterocycles. The summed E-state index contributed by atoms with van der Waals surface area (Å²) in [7, 11) is 0. The van der Waals surface area contributed by atoms with Crippen molar-refractivity contribution in [3.05, 3.63) is 29.3 Å². The third-order valence-electron chi connectivity index (χ3n) is 3.65. The Morgan fingerprint density at radius 3 is 2.21 bits per heavy atom. The third-order valence-corrected chi connectivity index (χ3v) is 3.65. The molecule has 24 heavy (non-hydrogen) atoms. The van der Waals surface area contributed by atoms with Gasteiger partial charge in [-0.1, -0.05) is 13.8 Å². The lowest BCUT2D eigenvalue weighted by atomic mass is 10.1. The number of carbonyl (C=O) groups excluding carboxylic acids is 2. The number of nitrogens with one attached hydrogen (secondary N) is 1. The summed E-state index contributed by atoms with van der Waals surface area (Å²) in [6.07, 6.45) is 2.08. The SMILES string of the molecule is CCCN(CCC)C(=O)CCC(=O)Nc1ccc(C(=O)O)c(C)c1. The Labute approximate surface area is 142 Å². The van der Waals surface area contributed by atoms with Crippen LogP contribution in [0.25, 0.3) is 0 Å². The molecule has 1 aromatic carbocycles. The minimum absolute atomic E-state index is 0.00810. The third kappa shape index (κ3) is 6.02. The Hall–Kier alpha value is -2.37. The van der Waals surface area contributed by atoms with E-state index in [-0.39, 0.29) is 30.2 Å². The zero-order chi connectivity index (χ0) is 18.1. The molecular formula is C18H26N2O4. The molecule has 0 saturated carbocycles. The van der Waals surface area contributed by atoms with Crippen LogP contribution >= 0.6 is 0 Å². The quantitative estimate of drug-likeness (QED) is 0.726. The van der Waals surface area contributed by atoms with Crippen LogP contribution in [-0.4, -0.2) is 40.9 Å². The van der Waals surface area contributed by atoms with Crippen LogP contribution in [0, 0.1) is 6.92 Å². The van der Waals surface area contributed by atoms with E-state index in [1.807, 2.05) is 13.8 Å². The van der Waals surface area contributed by atoms with Gasteiger partial charge in [0.15, 0.2) is 0 Å². The smallest absolute Gasteiger partial charge is 0.335 e. The molecule has 0 fully saturated rings. The highest BCUT2D eigenvalue weighted by Gasteiger charge is 2.14. The largest absolute Gasteiger partial charge is 0.478 e. The predicted molar refractivity (Wildman–Crippen MR) is 93.2 cm³/mol. The topological polar surface area (TPSA) is 86.7 Å². The summed E-state index contributed by atoms with van der Waals surface area (Å²) in [6, 6.07) is 4.63. The fourth-order valence-corrected chi connectivity index (χ4v) is 2.48. The van der Waals surface area contributed by atoms with Crippen LogP contribution < -0.4 is 5.32 Å². The Morgan fingerprint density at radius 2 is 1.71 bits per heavy atom. The second-order valence-electron chi connectivity index (χ2n) is 5.76. The maximum atomic E-state index is 12.1. The number of benzene rings is 1. The molecule has 2 amide bonds. The first-order valence-electron chi connectivity index (χ1n) is 8.30. The highest BCUT2D eigenvalue weighted by atomic mass is 16.4. The van der Waals surface area contributed by atoms with Gasteiger partial charge in [0.1, 0.15) is 0 Å². The van der Waals surface area contributed by atoms with Gasteiger partial charge in [-0.3, -0.25) is 9.59 Å². The van der Waals surface area contributed by atoms with E-state index in [2.05, 4.69) is 5.32 Å². The zero-order valence-electron chi connectivity index (χ0n) is 14.6. The van der Waals surface area contributed by atoms with E-state index in [1.165, 1.54) is 6.07 Å². The summed E-state index contributed by atoms with van der Waals surface area (Å²) in [5, 5.41) is 11.7. The van der Waals surface area contributed by atoms with Crippen molar-refractivity contribution in [1.82, 2.24) is 4.90 Å². The Bertz CT molecular complexity index is 593. The summed E-state index contributed by atoms with van der Waals surface area (Å²) < 4.78 is 0. The molecule has 6 heteroatoms. The van der Waals surface area contributed by atoms with E-state index in [0.717, 1.165) is 12.8 Å². The van der Waals surface area contributed by atoms with Crippen molar-refractivity contribution in [2.45, 2.75) is 46.5 Å². The number of amides is 2. The zero-order valence-corrected chi connectivity index (χ0v) is 14.6. The monoisotopic (exact) mass is 334 g/mol. The second kappa shape index (κ2) is 9.70. The van der Waals surface area contributed by atoms with E-state index >= 15 is 0 Å². The molecule has 6 nitrogen and oxygen atoms in total. The lowest BCUT2D eigenvalue weighted by Gasteiger charge is -2.21. The number of nitrogens with zero attached hydrogens (tertiary/aromatic N) is 1. The highest BCUT2D eigenvalue weighted by Crippen LogP contribution is 2.15. The van der Waals surface area contributed by atoms with Crippen LogP contribution in [-0.2, 0) is 9.59 Å². The van der Waals surface area contributed by atoms with Crippen LogP contribution in [0.4, 0.5) is 5.69 Å². The first-order valence-corrected chi connectivity index (χ1v) is 8.30. The van der Waals surface area contributed by atoms with E-state index in [9.17, 15) is 14.4 Å². The fourth-order valence-electron chi connectivity index (χ4n) is 2.48. The molecule has 0 saturated heterocycles. The normalized spacial score (nSPS) is 10.3. The summed E-state index contributed by atoms with van der Waals surface area (Å²) in [6.45, 7) is 7.14. The maximum absolute atomic E-state index is 12.1. The minimum atomic E-state index is -0.997. The summed E-state index contributed by atoms with van der Waals surface area (Å²) in [5.41, 5.74) is 1.32. The summed E-state index contributed by atoms with van der Waals surface area (Å²) in [5.74, 6) is -1.26. The standard InChI is InChI=1S/C18H26N2O4/c1-4-10-20(11-5-2)17(22)9-8-16(21)19-14-6-7-15(18(23)24)13(3)12-14/h6-7,12H,4-5,8-11H2,1-3H3,(H,19,21)(H,23,24). The van der Waals surface area contributed by atoms with Gasteiger partial charge in [0, 0.05) is 31.6 Å². The van der Waals surface area contributed by atoms with Crippen molar-refractivity contribution < 1.29 is 19.5 Å². The highest BCUT2D eigenvalue weighted by molar-refractivity contribution is 5.95. The fraction of sp³-hybridized carbons (Fsp3) is 0.500. The van der Waals surface area contributed by atoms with Crippen LogP contribution in [0.2, 0.25) is 0 Å². The molecule has 132 valence electrons. The van der Waals surface area contributed by atoms with E-state index < -0.39 is 5.97 Å². The molecule has 0 atom stereocenters. The number of carboxylic acids is 1. The van der Waals surface area contributed by atoms with Crippen LogP contribution in [0.3, 0.4) is 0 Å². The first kappa shape index (κ1) is 19.7. The van der Waals surface area contributed by atoms with Gasteiger partial charge in [-0.15, -0.1) is 0 Å². The molecular weight excluding hydrogens is 308 g/mol. The Morgan fingerprint density at radius 1 is 1.08 bits per heavy atom. The summed E-state index contributed by atoms with van der Waals surface area (Å²) >= 11 is 0. The number of carbonyl (C=O) groups is 3. The molecule has 2 N–H and O–H groups in total. The van der Waals surface area contributed by atoms with Gasteiger partial charge in [-0.25, -0.2) is 4.79 Å². The summed E-state index contributed by atoms with van der Waals surface area (Å²) in [4.78, 5) is 36.9. The molecule has 0 aliphatic carbocycles. The van der Waals surface area contributed by atoms with Gasteiger partial charge in [-0.2, -0.15) is 0 Å². The Balaban J connectivity index is 2.55. The average molecular weight is 334 g/mol. The number of hydrogen-bond acceptors (Lipinski definition) is 3. The molecule has 1 aromatic rings. The molecule has 0 radical (unpaired) electrons. The Kier molecular flexibility index (Phi) is 7.95. The number of aryl methyl sites for hydroxylation is 1. The molecule has 0 spiro atoms. The number of rotatable bonds is 9. The maximum Gasteiger partial charge on any atom is 0.335 e. The molecule has 0 heterocycles. The molecule has 0 bridgehead atoms. The second-order valence-corrected chi connectivity index (χ2v) is 5.76. The number of carboxylic acid groups (broad SMARTS) is 1. The van der Waals surface area contributed by atoms with E-state index in [1.54, 1.807) is 24.0 Å². The van der Waals surface area contributed by atoms with Crippen molar-refractivity contribution in [2.75, 3.05) is 18.4 Å². The van der Waals surface area contributed by atoms with Gasteiger partial charge < -0.3 is 15.3 Å². The molecule has 0 aliphatic rings. The van der Waals surface area contributed by atoms with Gasteiger partial charge in [-0.05, 0) is 43.5 Å². The van der Waals surface area contributed by atoms with Crippen LogP contribution in [0.1, 0.15) is 55.5 Å². The average Bonchev–Trinajstić information content (AvgIpc) is 2.52. The predicted octanol–water partition coefficient (Wildman–Crippen LogP) is 3.06. The molecule has 0 aliphatic heterocycles. The lowest BCUT2D eigenvalue weighted by molar-refractivity contribution is -0.132. The van der Waals surface area contributed by atoms with Crippen molar-refractivity contribution in [2.24, 2.45) is 0 Å². The van der Waals surface area contributed by atoms with Crippen molar-refractivity contribution in [1.29, 1.82) is 0 Å². The van der Waals surface area contributed by atoms with Gasteiger partial charge in [0.05, 0.1) is 5.56 Å². The number of anilines is 1. The lowest BCUT2D eigenvalue weighted by Crippen LogP contribution is -2.33. The van der Waals surface area contributed by atoms with E-state index in [4.69, 9.17) is 5.11 Å². The number of hydrogen-bond donors (Lipinski definition) is 2.